The van der Waals surface area contributed by atoms with Gasteiger partial charge >= 0.3 is 5.97 Å². The van der Waals surface area contributed by atoms with Gasteiger partial charge in [0.15, 0.2) is 0 Å². The first kappa shape index (κ1) is 13.1. The van der Waals surface area contributed by atoms with E-state index in [-0.39, 0.29) is 11.7 Å². The molecule has 1 aliphatic rings. The summed E-state index contributed by atoms with van der Waals surface area (Å²) in [5.74, 6) is 0.713. The molecule has 0 spiro atoms. The molecule has 0 aliphatic heterocycles. The first-order valence-corrected chi connectivity index (χ1v) is 6.15. The van der Waals surface area contributed by atoms with E-state index in [1.165, 1.54) is 0 Å². The van der Waals surface area contributed by atoms with E-state index in [4.69, 9.17) is 9.52 Å². The molecular weight excluding hydrogens is 234 g/mol. The minimum Gasteiger partial charge on any atom is -0.478 e. The highest BCUT2D eigenvalue weighted by atomic mass is 16.4. The van der Waals surface area contributed by atoms with E-state index < -0.39 is 5.97 Å². The molecule has 2 rings (SSSR count). The maximum absolute atomic E-state index is 10.9. The second-order valence-electron chi connectivity index (χ2n) is 5.18. The van der Waals surface area contributed by atoms with Crippen LogP contribution in [0.15, 0.2) is 10.5 Å². The fourth-order valence-corrected chi connectivity index (χ4v) is 2.45. The Balaban J connectivity index is 1.88. The summed E-state index contributed by atoms with van der Waals surface area (Å²) in [6, 6.07) is 1.59. The Morgan fingerprint density at radius 2 is 2.22 bits per heavy atom. The Morgan fingerprint density at radius 1 is 1.56 bits per heavy atom. The lowest BCUT2D eigenvalue weighted by molar-refractivity contribution is 0.0266. The second-order valence-corrected chi connectivity index (χ2v) is 5.18. The molecule has 1 aliphatic carbocycles. The van der Waals surface area contributed by atoms with Crippen LogP contribution in [0.25, 0.3) is 0 Å². The topological polar surface area (TPSA) is 73.9 Å². The van der Waals surface area contributed by atoms with Gasteiger partial charge in [-0.05, 0) is 38.8 Å². The van der Waals surface area contributed by atoms with Gasteiger partial charge in [-0.1, -0.05) is 0 Å². The van der Waals surface area contributed by atoms with Crippen molar-refractivity contribution in [1.82, 2.24) is 4.90 Å². The van der Waals surface area contributed by atoms with Crippen LogP contribution < -0.4 is 0 Å². The fraction of sp³-hybridized carbons (Fsp3) is 0.615. The van der Waals surface area contributed by atoms with E-state index in [0.29, 0.717) is 24.0 Å². The Morgan fingerprint density at radius 3 is 2.72 bits per heavy atom. The Hall–Kier alpha value is -1.33. The van der Waals surface area contributed by atoms with Crippen molar-refractivity contribution in [1.29, 1.82) is 0 Å². The Kier molecular flexibility index (Phi) is 3.73. The number of aromatic carboxylic acids is 1. The molecule has 0 saturated heterocycles. The molecule has 0 amide bonds. The van der Waals surface area contributed by atoms with Crippen molar-refractivity contribution in [3.05, 3.63) is 23.2 Å². The van der Waals surface area contributed by atoms with Crippen LogP contribution in [-0.2, 0) is 6.54 Å². The highest BCUT2D eigenvalue weighted by Gasteiger charge is 2.28. The van der Waals surface area contributed by atoms with Gasteiger partial charge in [0.05, 0.1) is 12.6 Å². The summed E-state index contributed by atoms with van der Waals surface area (Å²) in [5, 5.41) is 18.2. The molecule has 1 saturated carbocycles. The van der Waals surface area contributed by atoms with E-state index in [0.717, 1.165) is 19.4 Å². The highest BCUT2D eigenvalue weighted by Crippen LogP contribution is 2.28. The molecule has 0 unspecified atom stereocenters. The van der Waals surface area contributed by atoms with E-state index >= 15 is 0 Å². The predicted molar refractivity (Wildman–Crippen MR) is 65.5 cm³/mol. The van der Waals surface area contributed by atoms with Gasteiger partial charge in [0, 0.05) is 6.54 Å². The predicted octanol–water partition coefficient (Wildman–Crippen LogP) is 1.49. The molecule has 18 heavy (non-hydrogen) atoms. The first-order chi connectivity index (χ1) is 8.45. The first-order valence-electron chi connectivity index (χ1n) is 6.15. The summed E-state index contributed by atoms with van der Waals surface area (Å²) in [6.45, 7) is 3.16. The van der Waals surface area contributed by atoms with Crippen LogP contribution in [0.4, 0.5) is 0 Å². The lowest BCUT2D eigenvalue weighted by atomic mass is 9.82. The molecule has 100 valence electrons. The van der Waals surface area contributed by atoms with Crippen molar-refractivity contribution in [2.24, 2.45) is 5.92 Å². The lowest BCUT2D eigenvalue weighted by Crippen LogP contribution is -2.36. The van der Waals surface area contributed by atoms with Gasteiger partial charge in [-0.2, -0.15) is 0 Å². The van der Waals surface area contributed by atoms with Crippen LogP contribution in [-0.4, -0.2) is 40.8 Å². The highest BCUT2D eigenvalue weighted by molar-refractivity contribution is 5.88. The molecule has 0 bridgehead atoms. The van der Waals surface area contributed by atoms with Crippen molar-refractivity contribution in [2.45, 2.75) is 32.4 Å². The molecular formula is C13H19NO4. The van der Waals surface area contributed by atoms with Crippen LogP contribution in [0.1, 0.15) is 34.7 Å². The van der Waals surface area contributed by atoms with E-state index in [1.54, 1.807) is 13.0 Å². The number of rotatable bonds is 5. The third kappa shape index (κ3) is 2.91. The number of carbonyl (C=O) groups is 1. The van der Waals surface area contributed by atoms with Gasteiger partial charge in [-0.3, -0.25) is 4.90 Å². The summed E-state index contributed by atoms with van der Waals surface area (Å²) in [6.07, 6.45) is 1.59. The summed E-state index contributed by atoms with van der Waals surface area (Å²) in [7, 11) is 1.98. The third-order valence-electron chi connectivity index (χ3n) is 3.41. The SMILES string of the molecule is Cc1oc(CN(C)CC2CC(O)C2)cc1C(=O)O. The van der Waals surface area contributed by atoms with Gasteiger partial charge in [-0.15, -0.1) is 0 Å². The van der Waals surface area contributed by atoms with Crippen LogP contribution in [0.5, 0.6) is 0 Å². The molecule has 1 aromatic heterocycles. The minimum atomic E-state index is -0.952. The second kappa shape index (κ2) is 5.12. The standard InChI is InChI=1S/C13H19NO4/c1-8-12(13(16)17)5-11(18-8)7-14(2)6-9-3-10(15)4-9/h5,9-10,15H,3-4,6-7H2,1-2H3,(H,16,17). The van der Waals surface area contributed by atoms with Crippen LogP contribution in [0, 0.1) is 12.8 Å². The normalized spacial score (nSPS) is 23.1. The number of aliphatic hydroxyl groups excluding tert-OH is 1. The number of nitrogens with zero attached hydrogens (tertiary/aromatic N) is 1. The van der Waals surface area contributed by atoms with Gasteiger partial charge in [-0.25, -0.2) is 4.79 Å². The average molecular weight is 253 g/mol. The molecule has 2 N–H and O–H groups in total. The number of hydrogen-bond acceptors (Lipinski definition) is 4. The number of aryl methyl sites for hydroxylation is 1. The lowest BCUT2D eigenvalue weighted by Gasteiger charge is -2.34. The average Bonchev–Trinajstić information content (AvgIpc) is 2.57. The van der Waals surface area contributed by atoms with E-state index in [9.17, 15) is 9.90 Å². The van der Waals surface area contributed by atoms with Crippen molar-refractivity contribution in [3.63, 3.8) is 0 Å². The van der Waals surface area contributed by atoms with Gasteiger partial charge in [0.2, 0.25) is 0 Å². The maximum atomic E-state index is 10.9. The maximum Gasteiger partial charge on any atom is 0.339 e. The van der Waals surface area contributed by atoms with Gasteiger partial charge in [0.1, 0.15) is 17.1 Å². The van der Waals surface area contributed by atoms with Crippen molar-refractivity contribution in [2.75, 3.05) is 13.6 Å². The number of aliphatic hydroxyl groups is 1. The summed E-state index contributed by atoms with van der Waals surface area (Å²) < 4.78 is 5.43. The largest absolute Gasteiger partial charge is 0.478 e. The molecule has 1 aromatic rings. The Labute approximate surface area is 106 Å². The van der Waals surface area contributed by atoms with Crippen LogP contribution >= 0.6 is 0 Å². The van der Waals surface area contributed by atoms with Crippen molar-refractivity contribution < 1.29 is 19.4 Å². The van der Waals surface area contributed by atoms with Crippen LogP contribution in [0.2, 0.25) is 0 Å². The fourth-order valence-electron chi connectivity index (χ4n) is 2.45. The van der Waals surface area contributed by atoms with Gasteiger partial charge in [0.25, 0.3) is 0 Å². The molecule has 0 aromatic carbocycles. The van der Waals surface area contributed by atoms with Crippen molar-refractivity contribution in [3.8, 4) is 0 Å². The van der Waals surface area contributed by atoms with Crippen LogP contribution in [0.3, 0.4) is 0 Å². The molecule has 0 atom stereocenters. The van der Waals surface area contributed by atoms with Gasteiger partial charge < -0.3 is 14.6 Å². The molecule has 0 radical (unpaired) electrons. The molecule has 1 fully saturated rings. The number of carboxylic acid groups (broad SMARTS) is 1. The zero-order valence-electron chi connectivity index (χ0n) is 10.7. The molecule has 1 heterocycles. The number of hydrogen-bond donors (Lipinski definition) is 2. The Bertz CT molecular complexity index is 434. The summed E-state index contributed by atoms with van der Waals surface area (Å²) >= 11 is 0. The number of carboxylic acids is 1. The minimum absolute atomic E-state index is 0.132. The molecule has 5 nitrogen and oxygen atoms in total. The molecule has 5 heteroatoms. The quantitative estimate of drug-likeness (QED) is 0.831. The zero-order valence-corrected chi connectivity index (χ0v) is 10.7. The van der Waals surface area contributed by atoms with Crippen molar-refractivity contribution >= 4 is 5.97 Å². The summed E-state index contributed by atoms with van der Waals surface area (Å²) in [5.41, 5.74) is 0.234. The zero-order chi connectivity index (χ0) is 13.3. The smallest absolute Gasteiger partial charge is 0.339 e. The monoisotopic (exact) mass is 253 g/mol. The van der Waals surface area contributed by atoms with E-state index in [2.05, 4.69) is 4.90 Å². The third-order valence-corrected chi connectivity index (χ3v) is 3.41. The summed E-state index contributed by atoms with van der Waals surface area (Å²) in [4.78, 5) is 13.0. The van der Waals surface area contributed by atoms with E-state index in [1.807, 2.05) is 7.05 Å². The number of furan rings is 1.